The number of carbonyl (C=O) groups is 2. The van der Waals surface area contributed by atoms with E-state index in [2.05, 4.69) is 15.2 Å². The van der Waals surface area contributed by atoms with Gasteiger partial charge in [-0.05, 0) is 12.1 Å². The van der Waals surface area contributed by atoms with Crippen molar-refractivity contribution in [3.8, 4) is 0 Å². The van der Waals surface area contributed by atoms with Crippen LogP contribution >= 0.6 is 0 Å². The van der Waals surface area contributed by atoms with Crippen LogP contribution in [-0.4, -0.2) is 47.9 Å². The first-order valence-electron chi connectivity index (χ1n) is 6.30. The van der Waals surface area contributed by atoms with Crippen LogP contribution in [0.3, 0.4) is 0 Å². The first kappa shape index (κ1) is 13.3. The molecule has 1 aliphatic rings. The maximum absolute atomic E-state index is 11.2. The molecule has 0 unspecified atom stereocenters. The molecule has 2 heterocycles. The van der Waals surface area contributed by atoms with E-state index < -0.39 is 0 Å². The van der Waals surface area contributed by atoms with Gasteiger partial charge in [-0.3, -0.25) is 9.59 Å². The van der Waals surface area contributed by atoms with Crippen molar-refractivity contribution in [2.24, 2.45) is 0 Å². The Morgan fingerprint density at radius 3 is 2.32 bits per heavy atom. The van der Waals surface area contributed by atoms with Crippen LogP contribution in [-0.2, 0) is 9.59 Å². The zero-order valence-electron chi connectivity index (χ0n) is 11.2. The summed E-state index contributed by atoms with van der Waals surface area (Å²) in [7, 11) is 0. The van der Waals surface area contributed by atoms with Crippen LogP contribution in [0, 0.1) is 0 Å². The van der Waals surface area contributed by atoms with Gasteiger partial charge in [0.2, 0.25) is 11.8 Å². The quantitative estimate of drug-likeness (QED) is 0.852. The van der Waals surface area contributed by atoms with Gasteiger partial charge < -0.3 is 15.1 Å². The Balaban J connectivity index is 1.96. The van der Waals surface area contributed by atoms with Gasteiger partial charge >= 0.3 is 0 Å². The number of nitrogens with one attached hydrogen (secondary N) is 1. The second-order valence-electron chi connectivity index (χ2n) is 4.58. The van der Waals surface area contributed by atoms with E-state index in [0.717, 1.165) is 32.0 Å². The van der Waals surface area contributed by atoms with Crippen LogP contribution in [0.4, 0.5) is 11.5 Å². The van der Waals surface area contributed by atoms with Crippen LogP contribution in [0.25, 0.3) is 0 Å². The van der Waals surface area contributed by atoms with E-state index in [1.54, 1.807) is 13.1 Å². The molecule has 1 saturated heterocycles. The monoisotopic (exact) mass is 262 g/mol. The molecule has 2 amide bonds. The second-order valence-corrected chi connectivity index (χ2v) is 4.58. The van der Waals surface area contributed by atoms with Gasteiger partial charge in [-0.1, -0.05) is 0 Å². The molecule has 102 valence electrons. The Kier molecular flexibility index (Phi) is 3.99. The zero-order chi connectivity index (χ0) is 13.8. The summed E-state index contributed by atoms with van der Waals surface area (Å²) in [5.74, 6) is 0.885. The summed E-state index contributed by atoms with van der Waals surface area (Å²) in [6.45, 7) is 6.08. The highest BCUT2D eigenvalue weighted by molar-refractivity contribution is 5.88. The third-order valence-corrected chi connectivity index (χ3v) is 3.12. The first-order chi connectivity index (χ1) is 9.06. The molecule has 1 aliphatic heterocycles. The molecule has 19 heavy (non-hydrogen) atoms. The predicted octanol–water partition coefficient (Wildman–Crippen LogP) is 0.708. The van der Waals surface area contributed by atoms with Gasteiger partial charge in [0, 0.05) is 40.0 Å². The molecule has 1 aromatic heterocycles. The lowest BCUT2D eigenvalue weighted by Crippen LogP contribution is -2.48. The van der Waals surface area contributed by atoms with Crippen molar-refractivity contribution in [3.63, 3.8) is 0 Å². The molecule has 6 nitrogen and oxygen atoms in total. The Labute approximate surface area is 112 Å². The molecule has 1 aromatic rings. The topological polar surface area (TPSA) is 65.5 Å². The molecule has 0 spiro atoms. The Morgan fingerprint density at radius 2 is 1.84 bits per heavy atom. The highest BCUT2D eigenvalue weighted by Gasteiger charge is 2.19. The number of aromatic nitrogens is 1. The van der Waals surface area contributed by atoms with Gasteiger partial charge in [-0.2, -0.15) is 0 Å². The average Bonchev–Trinajstić information content (AvgIpc) is 2.39. The molecule has 2 rings (SSSR count). The largest absolute Gasteiger partial charge is 0.353 e. The molecule has 0 radical (unpaired) electrons. The lowest BCUT2D eigenvalue weighted by molar-refractivity contribution is -0.129. The fourth-order valence-electron chi connectivity index (χ4n) is 2.10. The summed E-state index contributed by atoms with van der Waals surface area (Å²) in [6.07, 6.45) is 1.65. The molecular formula is C13H18N4O2. The summed E-state index contributed by atoms with van der Waals surface area (Å²) < 4.78 is 0. The van der Waals surface area contributed by atoms with Gasteiger partial charge in [0.25, 0.3) is 0 Å². The minimum atomic E-state index is -0.107. The van der Waals surface area contributed by atoms with E-state index in [1.807, 2.05) is 17.0 Å². The second kappa shape index (κ2) is 5.69. The van der Waals surface area contributed by atoms with Gasteiger partial charge in [-0.15, -0.1) is 0 Å². The minimum Gasteiger partial charge on any atom is -0.353 e. The molecular weight excluding hydrogens is 244 g/mol. The first-order valence-corrected chi connectivity index (χ1v) is 6.30. The molecule has 1 fully saturated rings. The van der Waals surface area contributed by atoms with Crippen molar-refractivity contribution in [2.75, 3.05) is 36.4 Å². The number of rotatable bonds is 2. The number of nitrogens with zero attached hydrogens (tertiary/aromatic N) is 3. The van der Waals surface area contributed by atoms with E-state index in [1.165, 1.54) is 6.92 Å². The Hall–Kier alpha value is -2.11. The molecule has 0 aromatic carbocycles. The van der Waals surface area contributed by atoms with Crippen LogP contribution in [0.5, 0.6) is 0 Å². The van der Waals surface area contributed by atoms with Crippen molar-refractivity contribution in [1.82, 2.24) is 9.88 Å². The summed E-state index contributed by atoms with van der Waals surface area (Å²) in [6, 6.07) is 3.72. The maximum Gasteiger partial charge on any atom is 0.221 e. The maximum atomic E-state index is 11.2. The van der Waals surface area contributed by atoms with E-state index in [-0.39, 0.29) is 11.8 Å². The van der Waals surface area contributed by atoms with Gasteiger partial charge in [0.1, 0.15) is 5.82 Å². The zero-order valence-corrected chi connectivity index (χ0v) is 11.2. The fourth-order valence-corrected chi connectivity index (χ4v) is 2.10. The third kappa shape index (κ3) is 3.43. The highest BCUT2D eigenvalue weighted by Crippen LogP contribution is 2.16. The number of amides is 2. The van der Waals surface area contributed by atoms with Crippen molar-refractivity contribution >= 4 is 23.3 Å². The van der Waals surface area contributed by atoms with Gasteiger partial charge in [0.15, 0.2) is 0 Å². The molecule has 0 bridgehead atoms. The standard InChI is InChI=1S/C13H18N4O2/c1-10(18)15-12-3-4-13(14-9-12)17-7-5-16(6-8-17)11(2)19/h3-4,9H,5-8H2,1-2H3,(H,15,18). The molecule has 1 N–H and O–H groups in total. The van der Waals surface area contributed by atoms with Crippen molar-refractivity contribution in [2.45, 2.75) is 13.8 Å². The lowest BCUT2D eigenvalue weighted by Gasteiger charge is -2.34. The highest BCUT2D eigenvalue weighted by atomic mass is 16.2. The Morgan fingerprint density at radius 1 is 1.16 bits per heavy atom. The SMILES string of the molecule is CC(=O)Nc1ccc(N2CCN(C(C)=O)CC2)nc1. The minimum absolute atomic E-state index is 0.107. The molecule has 0 saturated carbocycles. The van der Waals surface area contributed by atoms with Gasteiger partial charge in [-0.25, -0.2) is 4.98 Å². The fraction of sp³-hybridized carbons (Fsp3) is 0.462. The van der Waals surface area contributed by atoms with Crippen molar-refractivity contribution in [1.29, 1.82) is 0 Å². The van der Waals surface area contributed by atoms with Crippen molar-refractivity contribution in [3.05, 3.63) is 18.3 Å². The summed E-state index contributed by atoms with van der Waals surface area (Å²) in [4.78, 5) is 30.5. The predicted molar refractivity (Wildman–Crippen MR) is 73.0 cm³/mol. The van der Waals surface area contributed by atoms with Crippen molar-refractivity contribution < 1.29 is 9.59 Å². The smallest absolute Gasteiger partial charge is 0.221 e. The Bertz CT molecular complexity index is 464. The number of piperazine rings is 1. The number of pyridine rings is 1. The molecule has 0 atom stereocenters. The van der Waals surface area contributed by atoms with E-state index >= 15 is 0 Å². The van der Waals surface area contributed by atoms with Crippen LogP contribution in [0.1, 0.15) is 13.8 Å². The third-order valence-electron chi connectivity index (χ3n) is 3.12. The van der Waals surface area contributed by atoms with Crippen LogP contribution in [0.2, 0.25) is 0 Å². The van der Waals surface area contributed by atoms with Crippen LogP contribution in [0.15, 0.2) is 18.3 Å². The number of hydrogen-bond acceptors (Lipinski definition) is 4. The number of anilines is 2. The number of carbonyl (C=O) groups excluding carboxylic acids is 2. The van der Waals surface area contributed by atoms with Gasteiger partial charge in [0.05, 0.1) is 11.9 Å². The summed E-state index contributed by atoms with van der Waals surface area (Å²) in [5.41, 5.74) is 0.693. The van der Waals surface area contributed by atoms with Crippen LogP contribution < -0.4 is 10.2 Å². The normalized spacial score (nSPS) is 15.3. The summed E-state index contributed by atoms with van der Waals surface area (Å²) >= 11 is 0. The molecule has 6 heteroatoms. The van der Waals surface area contributed by atoms with E-state index in [4.69, 9.17) is 0 Å². The summed E-state index contributed by atoms with van der Waals surface area (Å²) in [5, 5.41) is 2.68. The molecule has 0 aliphatic carbocycles. The lowest BCUT2D eigenvalue weighted by atomic mass is 10.3. The average molecular weight is 262 g/mol. The number of hydrogen-bond donors (Lipinski definition) is 1. The van der Waals surface area contributed by atoms with E-state index in [0.29, 0.717) is 5.69 Å². The van der Waals surface area contributed by atoms with E-state index in [9.17, 15) is 9.59 Å².